The van der Waals surface area contributed by atoms with Gasteiger partial charge >= 0.3 is 0 Å². The predicted molar refractivity (Wildman–Crippen MR) is 73.7 cm³/mol. The highest BCUT2D eigenvalue weighted by atomic mass is 16.1. The Morgan fingerprint density at radius 1 is 1.45 bits per heavy atom. The standard InChI is InChI=1S/C13H20N6O/c1-11(7-19-10-14-9-17-19)13(20)15-5-3-4-12-6-16-18(2)8-12/h6,8-11H,3-5,7H2,1-2H3,(H,15,20). The van der Waals surface area contributed by atoms with Gasteiger partial charge in [-0.3, -0.25) is 14.2 Å². The lowest BCUT2D eigenvalue weighted by atomic mass is 10.1. The lowest BCUT2D eigenvalue weighted by Crippen LogP contribution is -2.32. The van der Waals surface area contributed by atoms with Crippen molar-refractivity contribution in [3.8, 4) is 0 Å². The first-order valence-electron chi connectivity index (χ1n) is 6.73. The first-order chi connectivity index (χ1) is 9.65. The van der Waals surface area contributed by atoms with Crippen molar-refractivity contribution in [2.45, 2.75) is 26.3 Å². The Morgan fingerprint density at radius 2 is 2.30 bits per heavy atom. The molecule has 0 bridgehead atoms. The van der Waals surface area contributed by atoms with Crippen LogP contribution in [0.25, 0.3) is 0 Å². The third-order valence-electron chi connectivity index (χ3n) is 3.07. The maximum atomic E-state index is 11.9. The first-order valence-corrected chi connectivity index (χ1v) is 6.73. The molecule has 0 aliphatic rings. The van der Waals surface area contributed by atoms with E-state index in [0.29, 0.717) is 13.1 Å². The second-order valence-electron chi connectivity index (χ2n) is 4.94. The average molecular weight is 276 g/mol. The highest BCUT2D eigenvalue weighted by molar-refractivity contribution is 5.78. The van der Waals surface area contributed by atoms with E-state index in [4.69, 9.17) is 0 Å². The van der Waals surface area contributed by atoms with Crippen molar-refractivity contribution < 1.29 is 4.79 Å². The van der Waals surface area contributed by atoms with Crippen LogP contribution in [0.15, 0.2) is 25.0 Å². The van der Waals surface area contributed by atoms with Gasteiger partial charge in [-0.1, -0.05) is 6.92 Å². The summed E-state index contributed by atoms with van der Waals surface area (Å²) in [5.74, 6) is -0.0678. The summed E-state index contributed by atoms with van der Waals surface area (Å²) in [5.41, 5.74) is 1.19. The molecule has 0 saturated heterocycles. The molecule has 7 nitrogen and oxygen atoms in total. The largest absolute Gasteiger partial charge is 0.356 e. The number of rotatable bonds is 7. The predicted octanol–water partition coefficient (Wildman–Crippen LogP) is 0.397. The number of hydrogen-bond donors (Lipinski definition) is 1. The highest BCUT2D eigenvalue weighted by Crippen LogP contribution is 2.01. The Kier molecular flexibility index (Phi) is 4.86. The molecule has 1 amide bonds. The summed E-state index contributed by atoms with van der Waals surface area (Å²) in [7, 11) is 1.90. The molecule has 1 unspecified atom stereocenters. The molecule has 7 heteroatoms. The molecule has 0 aromatic carbocycles. The average Bonchev–Trinajstić information content (AvgIpc) is 3.06. The van der Waals surface area contributed by atoms with Crippen molar-refractivity contribution in [1.29, 1.82) is 0 Å². The topological polar surface area (TPSA) is 77.6 Å². The van der Waals surface area contributed by atoms with Gasteiger partial charge in [-0.05, 0) is 18.4 Å². The van der Waals surface area contributed by atoms with E-state index in [0.717, 1.165) is 12.8 Å². The molecule has 0 spiro atoms. The molecular weight excluding hydrogens is 256 g/mol. The van der Waals surface area contributed by atoms with E-state index in [-0.39, 0.29) is 11.8 Å². The highest BCUT2D eigenvalue weighted by Gasteiger charge is 2.13. The summed E-state index contributed by atoms with van der Waals surface area (Å²) >= 11 is 0. The van der Waals surface area contributed by atoms with Crippen molar-refractivity contribution >= 4 is 5.91 Å². The normalized spacial score (nSPS) is 12.3. The number of amides is 1. The molecular formula is C13H20N6O. The number of carbonyl (C=O) groups excluding carboxylic acids is 1. The van der Waals surface area contributed by atoms with E-state index in [1.807, 2.05) is 26.4 Å². The van der Waals surface area contributed by atoms with Crippen molar-refractivity contribution in [1.82, 2.24) is 29.9 Å². The van der Waals surface area contributed by atoms with E-state index >= 15 is 0 Å². The molecule has 1 N–H and O–H groups in total. The summed E-state index contributed by atoms with van der Waals surface area (Å²) in [5, 5.41) is 11.1. The number of aromatic nitrogens is 5. The van der Waals surface area contributed by atoms with Crippen LogP contribution in [0.3, 0.4) is 0 Å². The smallest absolute Gasteiger partial charge is 0.224 e. The Balaban J connectivity index is 1.64. The Labute approximate surface area is 118 Å². The summed E-state index contributed by atoms with van der Waals surface area (Å²) in [6.07, 6.45) is 8.77. The summed E-state index contributed by atoms with van der Waals surface area (Å²) in [6, 6.07) is 0. The zero-order valence-electron chi connectivity index (χ0n) is 11.9. The summed E-state index contributed by atoms with van der Waals surface area (Å²) in [4.78, 5) is 15.8. The molecule has 108 valence electrons. The SMILES string of the molecule is CC(Cn1cncn1)C(=O)NCCCc1cnn(C)c1. The first kappa shape index (κ1) is 14.2. The van der Waals surface area contributed by atoms with Crippen LogP contribution in [-0.2, 0) is 24.8 Å². The Hall–Kier alpha value is -2.18. The van der Waals surface area contributed by atoms with Crippen molar-refractivity contribution in [3.05, 3.63) is 30.6 Å². The molecule has 1 atom stereocenters. The molecule has 2 rings (SSSR count). The van der Waals surface area contributed by atoms with Gasteiger partial charge in [0, 0.05) is 19.8 Å². The molecule has 2 aromatic heterocycles. The van der Waals surface area contributed by atoms with Gasteiger partial charge in [0.1, 0.15) is 12.7 Å². The van der Waals surface area contributed by atoms with Crippen LogP contribution < -0.4 is 5.32 Å². The minimum absolute atomic E-state index is 0.0479. The zero-order chi connectivity index (χ0) is 14.4. The third-order valence-corrected chi connectivity index (χ3v) is 3.07. The van der Waals surface area contributed by atoms with E-state index in [1.165, 1.54) is 11.9 Å². The number of nitrogens with one attached hydrogen (secondary N) is 1. The number of carbonyl (C=O) groups is 1. The lowest BCUT2D eigenvalue weighted by Gasteiger charge is -2.11. The Bertz CT molecular complexity index is 533. The second kappa shape index (κ2) is 6.83. The van der Waals surface area contributed by atoms with E-state index in [9.17, 15) is 4.79 Å². The van der Waals surface area contributed by atoms with Crippen LogP contribution in [0.5, 0.6) is 0 Å². The van der Waals surface area contributed by atoms with Gasteiger partial charge in [-0.2, -0.15) is 10.2 Å². The fraction of sp³-hybridized carbons (Fsp3) is 0.538. The molecule has 2 aromatic rings. The molecule has 0 aliphatic carbocycles. The maximum Gasteiger partial charge on any atom is 0.224 e. The lowest BCUT2D eigenvalue weighted by molar-refractivity contribution is -0.124. The maximum absolute atomic E-state index is 11.9. The number of aryl methyl sites for hydroxylation is 2. The minimum Gasteiger partial charge on any atom is -0.356 e. The van der Waals surface area contributed by atoms with Crippen LogP contribution in [0, 0.1) is 5.92 Å². The van der Waals surface area contributed by atoms with Gasteiger partial charge in [0.25, 0.3) is 0 Å². The molecule has 0 radical (unpaired) electrons. The molecule has 0 aliphatic heterocycles. The fourth-order valence-electron chi connectivity index (χ4n) is 1.97. The summed E-state index contributed by atoms with van der Waals surface area (Å²) in [6.45, 7) is 3.11. The zero-order valence-corrected chi connectivity index (χ0v) is 11.9. The van der Waals surface area contributed by atoms with Gasteiger partial charge in [0.2, 0.25) is 5.91 Å². The summed E-state index contributed by atoms with van der Waals surface area (Å²) < 4.78 is 3.45. The number of nitrogens with zero attached hydrogens (tertiary/aromatic N) is 5. The van der Waals surface area contributed by atoms with Gasteiger partial charge in [0.15, 0.2) is 0 Å². The fourth-order valence-corrected chi connectivity index (χ4v) is 1.97. The molecule has 2 heterocycles. The van der Waals surface area contributed by atoms with Gasteiger partial charge < -0.3 is 5.32 Å². The second-order valence-corrected chi connectivity index (χ2v) is 4.94. The van der Waals surface area contributed by atoms with Gasteiger partial charge in [-0.15, -0.1) is 0 Å². The number of hydrogen-bond acceptors (Lipinski definition) is 4. The quantitative estimate of drug-likeness (QED) is 0.742. The van der Waals surface area contributed by atoms with Gasteiger partial charge in [0.05, 0.1) is 18.7 Å². The molecule has 0 saturated carbocycles. The van der Waals surface area contributed by atoms with Crippen molar-refractivity contribution in [3.63, 3.8) is 0 Å². The minimum atomic E-state index is -0.116. The van der Waals surface area contributed by atoms with Crippen LogP contribution >= 0.6 is 0 Å². The van der Waals surface area contributed by atoms with E-state index in [1.54, 1.807) is 15.7 Å². The molecule has 20 heavy (non-hydrogen) atoms. The van der Waals surface area contributed by atoms with Crippen LogP contribution in [0.2, 0.25) is 0 Å². The molecule has 0 fully saturated rings. The van der Waals surface area contributed by atoms with E-state index in [2.05, 4.69) is 20.5 Å². The van der Waals surface area contributed by atoms with Gasteiger partial charge in [-0.25, -0.2) is 4.98 Å². The van der Waals surface area contributed by atoms with Crippen LogP contribution in [0.1, 0.15) is 18.9 Å². The Morgan fingerprint density at radius 3 is 2.95 bits per heavy atom. The monoisotopic (exact) mass is 276 g/mol. The van der Waals surface area contributed by atoms with Crippen LogP contribution in [-0.4, -0.2) is 37.0 Å². The van der Waals surface area contributed by atoms with Crippen LogP contribution in [0.4, 0.5) is 0 Å². The third kappa shape index (κ3) is 4.18. The van der Waals surface area contributed by atoms with Crippen molar-refractivity contribution in [2.75, 3.05) is 6.54 Å². The van der Waals surface area contributed by atoms with E-state index < -0.39 is 0 Å². The van der Waals surface area contributed by atoms with Crippen molar-refractivity contribution in [2.24, 2.45) is 13.0 Å².